The van der Waals surface area contributed by atoms with Gasteiger partial charge in [-0.3, -0.25) is 0 Å². The molecule has 4 nitrogen and oxygen atoms in total. The van der Waals surface area contributed by atoms with Crippen molar-refractivity contribution >= 4 is 23.1 Å². The topological polar surface area (TPSA) is 51.2 Å². The van der Waals surface area contributed by atoms with Gasteiger partial charge >= 0.3 is 5.97 Å². The fourth-order valence-corrected chi connectivity index (χ4v) is 2.53. The van der Waals surface area contributed by atoms with Crippen molar-refractivity contribution in [2.45, 2.75) is 19.9 Å². The Balaban J connectivity index is 2.14. The SMILES string of the molecule is COC(=O)c1ccc(NC(C)c2cccs2)nc1C. The molecule has 0 amide bonds. The summed E-state index contributed by atoms with van der Waals surface area (Å²) in [5, 5.41) is 5.36. The van der Waals surface area contributed by atoms with Crippen molar-refractivity contribution in [3.63, 3.8) is 0 Å². The van der Waals surface area contributed by atoms with Crippen LogP contribution in [0.2, 0.25) is 0 Å². The van der Waals surface area contributed by atoms with Crippen molar-refractivity contribution in [1.82, 2.24) is 4.98 Å². The van der Waals surface area contributed by atoms with Crippen molar-refractivity contribution in [2.75, 3.05) is 12.4 Å². The maximum Gasteiger partial charge on any atom is 0.339 e. The van der Waals surface area contributed by atoms with Gasteiger partial charge < -0.3 is 10.1 Å². The minimum atomic E-state index is -0.358. The molecule has 1 N–H and O–H groups in total. The van der Waals surface area contributed by atoms with Crippen LogP contribution in [0.3, 0.4) is 0 Å². The fourth-order valence-electron chi connectivity index (χ4n) is 1.80. The number of rotatable bonds is 4. The van der Waals surface area contributed by atoms with Crippen LogP contribution in [0.25, 0.3) is 0 Å². The number of anilines is 1. The van der Waals surface area contributed by atoms with Crippen LogP contribution >= 0.6 is 11.3 Å². The van der Waals surface area contributed by atoms with E-state index in [1.54, 1.807) is 30.4 Å². The zero-order chi connectivity index (χ0) is 13.8. The molecule has 19 heavy (non-hydrogen) atoms. The summed E-state index contributed by atoms with van der Waals surface area (Å²) in [6.45, 7) is 3.88. The number of carbonyl (C=O) groups is 1. The molecule has 0 aliphatic heterocycles. The molecule has 0 saturated heterocycles. The van der Waals surface area contributed by atoms with Crippen LogP contribution in [0.4, 0.5) is 5.82 Å². The predicted molar refractivity (Wildman–Crippen MR) is 76.7 cm³/mol. The second kappa shape index (κ2) is 5.84. The lowest BCUT2D eigenvalue weighted by Crippen LogP contribution is -2.10. The molecule has 100 valence electrons. The maximum absolute atomic E-state index is 11.5. The highest BCUT2D eigenvalue weighted by molar-refractivity contribution is 7.10. The van der Waals surface area contributed by atoms with Gasteiger partial charge in [0.1, 0.15) is 5.82 Å². The first-order chi connectivity index (χ1) is 9.11. The Bertz CT molecular complexity index is 567. The number of methoxy groups -OCH3 is 1. The highest BCUT2D eigenvalue weighted by atomic mass is 32.1. The number of aromatic nitrogens is 1. The number of esters is 1. The lowest BCUT2D eigenvalue weighted by Gasteiger charge is -2.14. The summed E-state index contributed by atoms with van der Waals surface area (Å²) >= 11 is 1.70. The second-order valence-electron chi connectivity index (χ2n) is 4.20. The molecule has 2 aromatic rings. The lowest BCUT2D eigenvalue weighted by molar-refractivity contribution is 0.0599. The number of nitrogens with one attached hydrogen (secondary N) is 1. The summed E-state index contributed by atoms with van der Waals surface area (Å²) in [5.74, 6) is 0.397. The first-order valence-corrected chi connectivity index (χ1v) is 6.85. The molecular formula is C14H16N2O2S. The van der Waals surface area contributed by atoms with Crippen LogP contribution in [0, 0.1) is 6.92 Å². The average Bonchev–Trinajstić information content (AvgIpc) is 2.92. The Labute approximate surface area is 116 Å². The summed E-state index contributed by atoms with van der Waals surface area (Å²) in [6, 6.07) is 7.83. The van der Waals surface area contributed by atoms with E-state index in [2.05, 4.69) is 23.3 Å². The van der Waals surface area contributed by atoms with Crippen LogP contribution in [0.15, 0.2) is 29.6 Å². The van der Waals surface area contributed by atoms with Gasteiger partial charge in [-0.25, -0.2) is 9.78 Å². The van der Waals surface area contributed by atoms with Gasteiger partial charge in [0.05, 0.1) is 24.4 Å². The number of hydrogen-bond acceptors (Lipinski definition) is 5. The van der Waals surface area contributed by atoms with E-state index in [9.17, 15) is 4.79 Å². The minimum absolute atomic E-state index is 0.191. The molecule has 0 aromatic carbocycles. The third-order valence-corrected chi connectivity index (χ3v) is 3.88. The van der Waals surface area contributed by atoms with E-state index >= 15 is 0 Å². The average molecular weight is 276 g/mol. The molecule has 0 radical (unpaired) electrons. The van der Waals surface area contributed by atoms with Gasteiger partial charge in [0.25, 0.3) is 0 Å². The Kier molecular flexibility index (Phi) is 4.16. The monoisotopic (exact) mass is 276 g/mol. The standard InChI is InChI=1S/C14H16N2O2S/c1-9-11(14(17)18-3)6-7-13(15-9)16-10(2)12-5-4-8-19-12/h4-8,10H,1-3H3,(H,15,16). The van der Waals surface area contributed by atoms with Crippen LogP contribution in [0.5, 0.6) is 0 Å². The predicted octanol–water partition coefficient (Wildman–Crippen LogP) is 3.41. The molecule has 1 atom stereocenters. The maximum atomic E-state index is 11.5. The van der Waals surface area contributed by atoms with Gasteiger partial charge in [-0.1, -0.05) is 6.07 Å². The molecule has 2 heterocycles. The Hall–Kier alpha value is -1.88. The fraction of sp³-hybridized carbons (Fsp3) is 0.286. The molecule has 0 saturated carbocycles. The number of pyridine rings is 1. The number of hydrogen-bond donors (Lipinski definition) is 1. The quantitative estimate of drug-likeness (QED) is 0.869. The van der Waals surface area contributed by atoms with Gasteiger partial charge in [-0.05, 0) is 37.4 Å². The number of nitrogens with zero attached hydrogens (tertiary/aromatic N) is 1. The van der Waals surface area contributed by atoms with Crippen molar-refractivity contribution in [2.24, 2.45) is 0 Å². The molecule has 2 aromatic heterocycles. The lowest BCUT2D eigenvalue weighted by atomic mass is 10.2. The summed E-state index contributed by atoms with van der Waals surface area (Å²) in [7, 11) is 1.37. The Morgan fingerprint density at radius 1 is 1.42 bits per heavy atom. The molecule has 0 aliphatic rings. The number of aryl methyl sites for hydroxylation is 1. The minimum Gasteiger partial charge on any atom is -0.465 e. The summed E-state index contributed by atoms with van der Waals surface area (Å²) in [4.78, 5) is 17.1. The molecule has 0 fully saturated rings. The van der Waals surface area contributed by atoms with Crippen LogP contribution in [-0.2, 0) is 4.74 Å². The largest absolute Gasteiger partial charge is 0.465 e. The van der Waals surface area contributed by atoms with Gasteiger partial charge in [-0.15, -0.1) is 11.3 Å². The van der Waals surface area contributed by atoms with E-state index in [0.29, 0.717) is 11.3 Å². The summed E-state index contributed by atoms with van der Waals surface area (Å²) < 4.78 is 4.70. The molecule has 5 heteroatoms. The van der Waals surface area contributed by atoms with Gasteiger partial charge in [0.15, 0.2) is 0 Å². The Morgan fingerprint density at radius 3 is 2.79 bits per heavy atom. The smallest absolute Gasteiger partial charge is 0.339 e. The highest BCUT2D eigenvalue weighted by Crippen LogP contribution is 2.22. The first kappa shape index (κ1) is 13.5. The summed E-state index contributed by atoms with van der Waals surface area (Å²) in [6.07, 6.45) is 0. The van der Waals surface area contributed by atoms with Gasteiger partial charge in [0, 0.05) is 4.88 Å². The molecular weight excluding hydrogens is 260 g/mol. The van der Waals surface area contributed by atoms with Crippen molar-refractivity contribution in [1.29, 1.82) is 0 Å². The van der Waals surface area contributed by atoms with Crippen LogP contribution in [-0.4, -0.2) is 18.1 Å². The van der Waals surface area contributed by atoms with E-state index in [1.165, 1.54) is 12.0 Å². The third kappa shape index (κ3) is 3.12. The summed E-state index contributed by atoms with van der Waals surface area (Å²) in [5.41, 5.74) is 1.16. The highest BCUT2D eigenvalue weighted by Gasteiger charge is 2.12. The van der Waals surface area contributed by atoms with Crippen molar-refractivity contribution in [3.05, 3.63) is 45.8 Å². The van der Waals surface area contributed by atoms with E-state index in [4.69, 9.17) is 4.74 Å². The van der Waals surface area contributed by atoms with Gasteiger partial charge in [-0.2, -0.15) is 0 Å². The zero-order valence-corrected chi connectivity index (χ0v) is 12.0. The van der Waals surface area contributed by atoms with E-state index in [-0.39, 0.29) is 12.0 Å². The van der Waals surface area contributed by atoms with E-state index in [1.807, 2.05) is 11.4 Å². The normalized spacial score (nSPS) is 11.9. The van der Waals surface area contributed by atoms with E-state index in [0.717, 1.165) is 5.82 Å². The Morgan fingerprint density at radius 2 is 2.21 bits per heavy atom. The number of carbonyl (C=O) groups excluding carboxylic acids is 1. The molecule has 0 aliphatic carbocycles. The zero-order valence-electron chi connectivity index (χ0n) is 11.1. The molecule has 0 bridgehead atoms. The first-order valence-electron chi connectivity index (χ1n) is 5.97. The van der Waals surface area contributed by atoms with Crippen molar-refractivity contribution in [3.8, 4) is 0 Å². The molecule has 2 rings (SSSR count). The molecule has 1 unspecified atom stereocenters. The molecule has 0 spiro atoms. The van der Waals surface area contributed by atoms with E-state index < -0.39 is 0 Å². The third-order valence-electron chi connectivity index (χ3n) is 2.83. The van der Waals surface area contributed by atoms with Crippen LogP contribution in [0.1, 0.15) is 33.9 Å². The number of thiophene rings is 1. The second-order valence-corrected chi connectivity index (χ2v) is 5.18. The van der Waals surface area contributed by atoms with Gasteiger partial charge in [0.2, 0.25) is 0 Å². The van der Waals surface area contributed by atoms with Crippen LogP contribution < -0.4 is 5.32 Å². The van der Waals surface area contributed by atoms with Crippen molar-refractivity contribution < 1.29 is 9.53 Å². The number of ether oxygens (including phenoxy) is 1.